The molecule has 0 spiro atoms. The summed E-state index contributed by atoms with van der Waals surface area (Å²) in [7, 11) is -9.59. The second kappa shape index (κ2) is 8.03. The molecule has 0 aromatic heterocycles. The average molecular weight is 409 g/mol. The quantitative estimate of drug-likeness (QED) is 0.240. The highest BCUT2D eigenvalue weighted by Gasteiger charge is 2.65. The van der Waals surface area contributed by atoms with Crippen LogP contribution in [0, 0.1) is 23.7 Å². The van der Waals surface area contributed by atoms with Crippen LogP contribution in [0.1, 0.15) is 76.7 Å². The Morgan fingerprint density at radius 2 is 1.44 bits per heavy atom. The highest BCUT2D eigenvalue weighted by atomic mass is 32.5. The van der Waals surface area contributed by atoms with Gasteiger partial charge in [-0.3, -0.25) is 0 Å². The molecule has 0 atom stereocenters. The van der Waals surface area contributed by atoms with Gasteiger partial charge >= 0.3 is 10.2 Å². The van der Waals surface area contributed by atoms with Crippen LogP contribution in [0.5, 0.6) is 0 Å². The third-order valence-corrected chi connectivity index (χ3v) is 6.45. The van der Waals surface area contributed by atoms with Crippen molar-refractivity contribution in [2.24, 2.45) is 11.8 Å². The molecule has 27 heavy (non-hydrogen) atoms. The van der Waals surface area contributed by atoms with Crippen molar-refractivity contribution in [1.82, 2.24) is 0 Å². The number of halogens is 5. The Kier molecular flexibility index (Phi) is 6.56. The van der Waals surface area contributed by atoms with Crippen molar-refractivity contribution in [3.05, 3.63) is 29.8 Å². The molecule has 1 aliphatic rings. The van der Waals surface area contributed by atoms with Gasteiger partial charge in [0.25, 0.3) is 0 Å². The highest BCUT2D eigenvalue weighted by Crippen LogP contribution is 3.02. The first-order chi connectivity index (χ1) is 12.5. The van der Waals surface area contributed by atoms with Crippen LogP contribution in [-0.2, 0) is 0 Å². The summed E-state index contributed by atoms with van der Waals surface area (Å²) < 4.78 is 63.5. The van der Waals surface area contributed by atoms with Crippen LogP contribution in [0.3, 0.4) is 0 Å². The Labute approximate surface area is 159 Å². The van der Waals surface area contributed by atoms with Gasteiger partial charge in [0.2, 0.25) is 0 Å². The lowest BCUT2D eigenvalue weighted by atomic mass is 9.80. The molecule has 1 aliphatic carbocycles. The van der Waals surface area contributed by atoms with Gasteiger partial charge in [0, 0.05) is 11.5 Å². The first-order valence-corrected chi connectivity index (χ1v) is 11.8. The molecule has 0 nitrogen and oxygen atoms in total. The monoisotopic (exact) mass is 408 g/mol. The van der Waals surface area contributed by atoms with Gasteiger partial charge in [0.15, 0.2) is 0 Å². The minimum atomic E-state index is -9.59. The van der Waals surface area contributed by atoms with Gasteiger partial charge in [0.05, 0.1) is 0 Å². The molecular weight excluding hydrogens is 379 g/mol. The van der Waals surface area contributed by atoms with E-state index in [1.165, 1.54) is 38.5 Å². The zero-order valence-corrected chi connectivity index (χ0v) is 16.6. The van der Waals surface area contributed by atoms with E-state index in [2.05, 4.69) is 18.8 Å². The van der Waals surface area contributed by atoms with E-state index in [-0.39, 0.29) is 5.92 Å². The van der Waals surface area contributed by atoms with Crippen LogP contribution in [0.2, 0.25) is 0 Å². The maximum Gasteiger partial charge on any atom is 0.310 e. The van der Waals surface area contributed by atoms with E-state index < -0.39 is 15.1 Å². The molecule has 0 aliphatic heterocycles. The summed E-state index contributed by atoms with van der Waals surface area (Å²) >= 11 is 0. The molecule has 0 unspecified atom stereocenters. The number of hydrogen-bond acceptors (Lipinski definition) is 0. The molecular formula is C21H29F5S. The van der Waals surface area contributed by atoms with Crippen LogP contribution in [0.25, 0.3) is 0 Å². The zero-order valence-electron chi connectivity index (χ0n) is 15.8. The Bertz CT molecular complexity index is 659. The van der Waals surface area contributed by atoms with Gasteiger partial charge < -0.3 is 0 Å². The van der Waals surface area contributed by atoms with E-state index in [0.717, 1.165) is 43.7 Å². The van der Waals surface area contributed by atoms with Crippen LogP contribution in [0.4, 0.5) is 19.4 Å². The SMILES string of the molecule is CCCCCCC[C@H]1CC[C@H](C#Cc2ccc(S(F)(F)(F)(F)F)cc2)CC1. The van der Waals surface area contributed by atoms with E-state index in [1.807, 2.05) is 0 Å². The topological polar surface area (TPSA) is 0 Å². The lowest BCUT2D eigenvalue weighted by molar-refractivity contribution is 0.294. The molecule has 1 aromatic rings. The first-order valence-electron chi connectivity index (χ1n) is 9.83. The maximum absolute atomic E-state index is 12.7. The minimum Gasteiger partial charge on any atom is -0.0945 e. The van der Waals surface area contributed by atoms with Crippen molar-refractivity contribution >= 4 is 10.2 Å². The summed E-state index contributed by atoms with van der Waals surface area (Å²) in [5, 5.41) is 0. The second-order valence-corrected chi connectivity index (χ2v) is 10.1. The summed E-state index contributed by atoms with van der Waals surface area (Å²) in [5.74, 6) is 6.97. The Hall–Kier alpha value is -1.22. The summed E-state index contributed by atoms with van der Waals surface area (Å²) in [5.41, 5.74) is 0.346. The molecule has 1 fully saturated rings. The van der Waals surface area contributed by atoms with Crippen molar-refractivity contribution in [3.63, 3.8) is 0 Å². The van der Waals surface area contributed by atoms with Crippen molar-refractivity contribution in [2.45, 2.75) is 76.0 Å². The van der Waals surface area contributed by atoms with E-state index >= 15 is 0 Å². The van der Waals surface area contributed by atoms with Gasteiger partial charge in [-0.15, -0.1) is 0 Å². The standard InChI is InChI=1S/C21H29F5S/c1-2-3-4-5-6-7-18-8-10-19(11-9-18)12-13-20-14-16-21(17-15-20)27(22,23,24,25)26/h14-19H,2-11H2,1H3/t18-,19-. The Morgan fingerprint density at radius 1 is 0.852 bits per heavy atom. The van der Waals surface area contributed by atoms with Crippen LogP contribution in [0.15, 0.2) is 29.2 Å². The number of rotatable bonds is 7. The van der Waals surface area contributed by atoms with Crippen molar-refractivity contribution in [1.29, 1.82) is 0 Å². The van der Waals surface area contributed by atoms with Gasteiger partial charge in [-0.1, -0.05) is 76.7 Å². The molecule has 0 amide bonds. The Morgan fingerprint density at radius 3 is 2.00 bits per heavy atom. The fourth-order valence-electron chi connectivity index (χ4n) is 3.61. The molecule has 2 rings (SSSR count). The van der Waals surface area contributed by atoms with Crippen LogP contribution >= 0.6 is 10.2 Å². The lowest BCUT2D eigenvalue weighted by Crippen LogP contribution is -2.13. The fraction of sp³-hybridized carbons (Fsp3) is 0.619. The lowest BCUT2D eigenvalue weighted by Gasteiger charge is -2.40. The van der Waals surface area contributed by atoms with Crippen molar-refractivity contribution in [2.75, 3.05) is 0 Å². The summed E-state index contributed by atoms with van der Waals surface area (Å²) in [6.07, 6.45) is 12.1. The summed E-state index contributed by atoms with van der Waals surface area (Å²) in [4.78, 5) is -1.86. The van der Waals surface area contributed by atoms with E-state index in [9.17, 15) is 19.4 Å². The van der Waals surface area contributed by atoms with Crippen LogP contribution < -0.4 is 0 Å². The van der Waals surface area contributed by atoms with Crippen LogP contribution in [-0.4, -0.2) is 0 Å². The third kappa shape index (κ3) is 7.73. The molecule has 154 valence electrons. The number of benzene rings is 1. The largest absolute Gasteiger partial charge is 0.310 e. The number of unbranched alkanes of at least 4 members (excludes halogenated alkanes) is 4. The first kappa shape index (κ1) is 22.1. The van der Waals surface area contributed by atoms with E-state index in [0.29, 0.717) is 17.7 Å². The Balaban J connectivity index is 1.81. The predicted molar refractivity (Wildman–Crippen MR) is 104 cm³/mol. The summed E-state index contributed by atoms with van der Waals surface area (Å²) in [6, 6.07) is 2.92. The molecule has 0 heterocycles. The predicted octanol–water partition coefficient (Wildman–Crippen LogP) is 8.86. The smallest absolute Gasteiger partial charge is 0.0945 e. The van der Waals surface area contributed by atoms with E-state index in [1.54, 1.807) is 0 Å². The van der Waals surface area contributed by atoms with Gasteiger partial charge in [-0.25, -0.2) is 0 Å². The molecule has 0 radical (unpaired) electrons. The zero-order chi connectivity index (χ0) is 20.0. The highest BCUT2D eigenvalue weighted by molar-refractivity contribution is 8.45. The summed E-state index contributed by atoms with van der Waals surface area (Å²) in [6.45, 7) is 2.21. The van der Waals surface area contributed by atoms with Gasteiger partial charge in [-0.2, -0.15) is 0 Å². The molecule has 0 saturated heterocycles. The van der Waals surface area contributed by atoms with Crippen molar-refractivity contribution < 1.29 is 19.4 Å². The normalized spacial score (nSPS) is 23.0. The van der Waals surface area contributed by atoms with E-state index in [4.69, 9.17) is 0 Å². The molecule has 6 heteroatoms. The van der Waals surface area contributed by atoms with Gasteiger partial charge in [-0.05, 0) is 55.9 Å². The minimum absolute atomic E-state index is 0.247. The number of hydrogen-bond donors (Lipinski definition) is 0. The van der Waals surface area contributed by atoms with Gasteiger partial charge in [0.1, 0.15) is 4.90 Å². The molecule has 0 bridgehead atoms. The molecule has 1 aromatic carbocycles. The second-order valence-electron chi connectivity index (χ2n) is 7.68. The average Bonchev–Trinajstić information content (AvgIpc) is 2.59. The maximum atomic E-state index is 12.7. The molecule has 0 N–H and O–H groups in total. The third-order valence-electron chi connectivity index (χ3n) is 5.28. The fourth-order valence-corrected chi connectivity index (χ4v) is 4.26. The molecule has 1 saturated carbocycles. The van der Waals surface area contributed by atoms with Crippen molar-refractivity contribution in [3.8, 4) is 11.8 Å².